The molecule has 1 N–H and O–H groups in total. The van der Waals surface area contributed by atoms with Gasteiger partial charge in [-0.25, -0.2) is 4.98 Å². The number of carbonyl (C=O) groups excluding carboxylic acids is 1. The fraction of sp³-hybridized carbons (Fsp3) is 0.667. The van der Waals surface area contributed by atoms with Crippen LogP contribution in [0.3, 0.4) is 0 Å². The van der Waals surface area contributed by atoms with Crippen LogP contribution in [0, 0.1) is 12.3 Å². The van der Waals surface area contributed by atoms with Crippen LogP contribution >= 0.6 is 22.9 Å². The van der Waals surface area contributed by atoms with Crippen LogP contribution in [0.25, 0.3) is 0 Å². The lowest BCUT2D eigenvalue weighted by Crippen LogP contribution is -2.38. The number of rotatable bonds is 6. The second-order valence-corrected chi connectivity index (χ2v) is 5.60. The van der Waals surface area contributed by atoms with Gasteiger partial charge in [0.15, 0.2) is 0 Å². The van der Waals surface area contributed by atoms with Crippen molar-refractivity contribution in [1.82, 2.24) is 10.3 Å². The molecule has 17 heavy (non-hydrogen) atoms. The molecule has 1 heterocycles. The van der Waals surface area contributed by atoms with E-state index in [1.165, 1.54) is 11.3 Å². The van der Waals surface area contributed by atoms with E-state index in [1.54, 1.807) is 5.38 Å². The number of thiazole rings is 1. The van der Waals surface area contributed by atoms with E-state index >= 15 is 0 Å². The molecule has 1 aromatic rings. The lowest BCUT2D eigenvalue weighted by molar-refractivity contribution is 0.0927. The molecule has 0 saturated carbocycles. The molecule has 0 unspecified atom stereocenters. The third-order valence-corrected chi connectivity index (χ3v) is 4.60. The second-order valence-electron chi connectivity index (χ2n) is 4.28. The first-order valence-corrected chi connectivity index (χ1v) is 7.24. The Morgan fingerprint density at radius 2 is 2.18 bits per heavy atom. The minimum Gasteiger partial charge on any atom is -0.350 e. The summed E-state index contributed by atoms with van der Waals surface area (Å²) in [6, 6.07) is 0. The van der Waals surface area contributed by atoms with Gasteiger partial charge in [-0.1, -0.05) is 13.8 Å². The molecule has 0 fully saturated rings. The first kappa shape index (κ1) is 14.5. The Bertz CT molecular complexity index is 366. The molecule has 0 atom stereocenters. The molecule has 5 heteroatoms. The van der Waals surface area contributed by atoms with Gasteiger partial charge in [0.05, 0.1) is 5.01 Å². The molecule has 0 aliphatic rings. The number of aryl methyl sites for hydroxylation is 1. The van der Waals surface area contributed by atoms with Crippen LogP contribution < -0.4 is 5.32 Å². The van der Waals surface area contributed by atoms with E-state index in [9.17, 15) is 4.79 Å². The van der Waals surface area contributed by atoms with E-state index < -0.39 is 0 Å². The standard InChI is InChI=1S/C12H19ClN2OS/c1-4-12(5-2,7-13)8-14-11(16)10-6-17-9(3)15-10/h6H,4-5,7-8H2,1-3H3,(H,14,16). The molecule has 1 aromatic heterocycles. The van der Waals surface area contributed by atoms with Gasteiger partial charge in [0.1, 0.15) is 5.69 Å². The third kappa shape index (κ3) is 3.68. The summed E-state index contributed by atoms with van der Waals surface area (Å²) in [4.78, 5) is 16.0. The zero-order chi connectivity index (χ0) is 12.9. The maximum atomic E-state index is 11.8. The molecule has 0 spiro atoms. The van der Waals surface area contributed by atoms with E-state index in [2.05, 4.69) is 24.1 Å². The molecule has 0 aliphatic carbocycles. The van der Waals surface area contributed by atoms with Crippen molar-refractivity contribution >= 4 is 28.8 Å². The summed E-state index contributed by atoms with van der Waals surface area (Å²) in [5, 5.41) is 5.62. The summed E-state index contributed by atoms with van der Waals surface area (Å²) in [5.74, 6) is 0.460. The van der Waals surface area contributed by atoms with Gasteiger partial charge < -0.3 is 5.32 Å². The molecule has 0 aromatic carbocycles. The van der Waals surface area contributed by atoms with Gasteiger partial charge in [0, 0.05) is 23.2 Å². The molecular weight excluding hydrogens is 256 g/mol. The van der Waals surface area contributed by atoms with Gasteiger partial charge in [-0.05, 0) is 19.8 Å². The summed E-state index contributed by atoms with van der Waals surface area (Å²) in [5.41, 5.74) is 0.505. The Morgan fingerprint density at radius 1 is 1.53 bits per heavy atom. The number of amides is 1. The van der Waals surface area contributed by atoms with E-state index in [0.717, 1.165) is 17.8 Å². The maximum absolute atomic E-state index is 11.8. The fourth-order valence-corrected chi connectivity index (χ4v) is 2.63. The summed E-state index contributed by atoms with van der Waals surface area (Å²) in [7, 11) is 0. The van der Waals surface area contributed by atoms with Gasteiger partial charge in [-0.2, -0.15) is 0 Å². The molecule has 1 amide bonds. The van der Waals surface area contributed by atoms with Gasteiger partial charge in [0.2, 0.25) is 0 Å². The highest BCUT2D eigenvalue weighted by Crippen LogP contribution is 2.27. The number of nitrogens with one attached hydrogen (secondary N) is 1. The monoisotopic (exact) mass is 274 g/mol. The van der Waals surface area contributed by atoms with Crippen molar-refractivity contribution < 1.29 is 4.79 Å². The number of halogens is 1. The van der Waals surface area contributed by atoms with Crippen LogP contribution in [0.4, 0.5) is 0 Å². The topological polar surface area (TPSA) is 42.0 Å². The van der Waals surface area contributed by atoms with Crippen LogP contribution in [0.5, 0.6) is 0 Å². The van der Waals surface area contributed by atoms with Crippen molar-refractivity contribution in [3.05, 3.63) is 16.1 Å². The quantitative estimate of drug-likeness (QED) is 0.810. The minimum absolute atomic E-state index is 0.00226. The fourth-order valence-electron chi connectivity index (χ4n) is 1.56. The molecule has 3 nitrogen and oxygen atoms in total. The van der Waals surface area contributed by atoms with Gasteiger partial charge in [0.25, 0.3) is 5.91 Å². The zero-order valence-electron chi connectivity index (χ0n) is 10.5. The number of nitrogens with zero attached hydrogens (tertiary/aromatic N) is 1. The molecule has 96 valence electrons. The van der Waals surface area contributed by atoms with Gasteiger partial charge in [-0.3, -0.25) is 4.79 Å². The van der Waals surface area contributed by atoms with Gasteiger partial charge >= 0.3 is 0 Å². The smallest absolute Gasteiger partial charge is 0.270 e. The average Bonchev–Trinajstić information content (AvgIpc) is 2.78. The van der Waals surface area contributed by atoms with Crippen molar-refractivity contribution in [2.75, 3.05) is 12.4 Å². The zero-order valence-corrected chi connectivity index (χ0v) is 12.1. The molecular formula is C12H19ClN2OS. The van der Waals surface area contributed by atoms with Crippen molar-refractivity contribution in [2.45, 2.75) is 33.6 Å². The summed E-state index contributed by atoms with van der Waals surface area (Å²) < 4.78 is 0. The Morgan fingerprint density at radius 3 is 2.59 bits per heavy atom. The van der Waals surface area contributed by atoms with Gasteiger partial charge in [-0.15, -0.1) is 22.9 Å². The predicted octanol–water partition coefficient (Wildman–Crippen LogP) is 3.23. The Balaban J connectivity index is 2.58. The Hall–Kier alpha value is -0.610. The third-order valence-electron chi connectivity index (χ3n) is 3.26. The van der Waals surface area contributed by atoms with Crippen LogP contribution in [0.2, 0.25) is 0 Å². The lowest BCUT2D eigenvalue weighted by Gasteiger charge is -2.29. The minimum atomic E-state index is -0.106. The number of hydrogen-bond acceptors (Lipinski definition) is 3. The highest BCUT2D eigenvalue weighted by molar-refractivity contribution is 7.09. The van der Waals surface area contributed by atoms with Crippen molar-refractivity contribution in [3.8, 4) is 0 Å². The van der Waals surface area contributed by atoms with Crippen molar-refractivity contribution in [3.63, 3.8) is 0 Å². The molecule has 0 saturated heterocycles. The second kappa shape index (κ2) is 6.36. The normalized spacial score (nSPS) is 11.5. The van der Waals surface area contributed by atoms with Crippen molar-refractivity contribution in [2.24, 2.45) is 5.41 Å². The van der Waals surface area contributed by atoms with Crippen LogP contribution in [-0.2, 0) is 0 Å². The largest absolute Gasteiger partial charge is 0.350 e. The average molecular weight is 275 g/mol. The molecule has 0 aliphatic heterocycles. The highest BCUT2D eigenvalue weighted by atomic mass is 35.5. The first-order valence-electron chi connectivity index (χ1n) is 5.83. The summed E-state index contributed by atoms with van der Waals surface area (Å²) in [6.45, 7) is 6.71. The first-order chi connectivity index (χ1) is 8.06. The van der Waals surface area contributed by atoms with E-state index in [-0.39, 0.29) is 11.3 Å². The van der Waals surface area contributed by atoms with Crippen LogP contribution in [0.15, 0.2) is 5.38 Å². The molecule has 0 bridgehead atoms. The number of hydrogen-bond donors (Lipinski definition) is 1. The summed E-state index contributed by atoms with van der Waals surface area (Å²) >= 11 is 7.48. The summed E-state index contributed by atoms with van der Waals surface area (Å²) in [6.07, 6.45) is 1.92. The van der Waals surface area contributed by atoms with Crippen LogP contribution in [0.1, 0.15) is 42.2 Å². The molecule has 0 radical (unpaired) electrons. The Labute approximate surface area is 112 Å². The van der Waals surface area contributed by atoms with E-state index in [0.29, 0.717) is 18.1 Å². The number of alkyl halides is 1. The SMILES string of the molecule is CCC(CC)(CCl)CNC(=O)c1csc(C)n1. The predicted molar refractivity (Wildman–Crippen MR) is 72.9 cm³/mol. The molecule has 1 rings (SSSR count). The Kier molecular flexibility index (Phi) is 5.40. The maximum Gasteiger partial charge on any atom is 0.270 e. The highest BCUT2D eigenvalue weighted by Gasteiger charge is 2.26. The number of aromatic nitrogens is 1. The van der Waals surface area contributed by atoms with E-state index in [1.807, 2.05) is 6.92 Å². The lowest BCUT2D eigenvalue weighted by atomic mass is 9.84. The number of carbonyl (C=O) groups is 1. The van der Waals surface area contributed by atoms with Crippen molar-refractivity contribution in [1.29, 1.82) is 0 Å². The van der Waals surface area contributed by atoms with E-state index in [4.69, 9.17) is 11.6 Å². The van der Waals surface area contributed by atoms with Crippen LogP contribution in [-0.4, -0.2) is 23.3 Å².